The number of allylic oxidation sites excluding steroid dienone is 5. The van der Waals surface area contributed by atoms with Crippen LogP contribution in [0.4, 0.5) is 0 Å². The van der Waals surface area contributed by atoms with Gasteiger partial charge < -0.3 is 0 Å². The second-order valence-electron chi connectivity index (χ2n) is 3.98. The molecule has 0 aromatic rings. The maximum atomic E-state index is 2.39. The summed E-state index contributed by atoms with van der Waals surface area (Å²) in [6.45, 7) is 4.51. The van der Waals surface area contributed by atoms with Crippen molar-refractivity contribution >= 4 is 11.8 Å². The Morgan fingerprint density at radius 3 is 3.08 bits per heavy atom. The van der Waals surface area contributed by atoms with Gasteiger partial charge in [0, 0.05) is 16.1 Å². The van der Waals surface area contributed by atoms with Gasteiger partial charge in [-0.15, -0.1) is 11.8 Å². The first-order valence-corrected chi connectivity index (χ1v) is 5.40. The molecule has 0 saturated carbocycles. The molecule has 1 aliphatic heterocycles. The smallest absolute Gasteiger partial charge is 0.00730 e. The molecule has 0 aromatic heterocycles. The molecule has 0 amide bonds. The van der Waals surface area contributed by atoms with Gasteiger partial charge in [0.2, 0.25) is 0 Å². The molecule has 0 bridgehead atoms. The minimum Gasteiger partial charge on any atom is -0.126 e. The maximum Gasteiger partial charge on any atom is 0.00730 e. The summed E-state index contributed by atoms with van der Waals surface area (Å²) in [5, 5.41) is 0. The number of fused-ring (bicyclic) bond motifs is 1. The molecule has 0 spiro atoms. The van der Waals surface area contributed by atoms with Crippen molar-refractivity contribution in [3.8, 4) is 0 Å². The Balaban J connectivity index is 2.40. The molecule has 1 saturated heterocycles. The number of hydrogen-bond acceptors (Lipinski definition) is 1. The van der Waals surface area contributed by atoms with Gasteiger partial charge in [-0.25, -0.2) is 0 Å². The van der Waals surface area contributed by atoms with Crippen molar-refractivity contribution in [2.45, 2.75) is 20.3 Å². The lowest BCUT2D eigenvalue weighted by molar-refractivity contribution is 0.626. The molecule has 1 heteroatoms. The third-order valence-corrected chi connectivity index (χ3v) is 3.37. The highest BCUT2D eigenvalue weighted by atomic mass is 32.2. The summed E-state index contributed by atoms with van der Waals surface area (Å²) in [4.78, 5) is 1.50. The van der Waals surface area contributed by atoms with E-state index in [9.17, 15) is 0 Å². The van der Waals surface area contributed by atoms with Crippen LogP contribution in [-0.4, -0.2) is 5.75 Å². The normalized spacial score (nSPS) is 25.8. The second-order valence-corrected chi connectivity index (χ2v) is 5.12. The van der Waals surface area contributed by atoms with Crippen molar-refractivity contribution in [1.29, 1.82) is 0 Å². The molecule has 2 rings (SSSR count). The standard InChI is InChI=1S/C11H14S/c1-11(2)6-3-4-9-5-7-12-10(9)8-11/h3-4,6,8H,5,7H2,1-2H3. The monoisotopic (exact) mass is 178 g/mol. The Morgan fingerprint density at radius 1 is 1.42 bits per heavy atom. The van der Waals surface area contributed by atoms with Crippen LogP contribution in [0.3, 0.4) is 0 Å². The average molecular weight is 178 g/mol. The van der Waals surface area contributed by atoms with Gasteiger partial charge in [0.1, 0.15) is 0 Å². The van der Waals surface area contributed by atoms with Gasteiger partial charge in [0.15, 0.2) is 0 Å². The minimum atomic E-state index is 0.241. The lowest BCUT2D eigenvalue weighted by atomic mass is 9.93. The Kier molecular flexibility index (Phi) is 1.91. The summed E-state index contributed by atoms with van der Waals surface area (Å²) in [5.74, 6) is 1.27. The number of hydrogen-bond donors (Lipinski definition) is 0. The van der Waals surface area contributed by atoms with Crippen LogP contribution in [0.1, 0.15) is 20.3 Å². The largest absolute Gasteiger partial charge is 0.126 e. The Bertz CT molecular complexity index is 279. The van der Waals surface area contributed by atoms with E-state index in [4.69, 9.17) is 0 Å². The molecular weight excluding hydrogens is 164 g/mol. The van der Waals surface area contributed by atoms with Gasteiger partial charge in [-0.2, -0.15) is 0 Å². The van der Waals surface area contributed by atoms with E-state index in [1.54, 1.807) is 0 Å². The molecule has 12 heavy (non-hydrogen) atoms. The fourth-order valence-electron chi connectivity index (χ4n) is 1.58. The van der Waals surface area contributed by atoms with Gasteiger partial charge in [0.25, 0.3) is 0 Å². The lowest BCUT2D eigenvalue weighted by Crippen LogP contribution is -2.01. The molecule has 1 heterocycles. The van der Waals surface area contributed by atoms with Crippen molar-refractivity contribution in [3.63, 3.8) is 0 Å². The summed E-state index contributed by atoms with van der Waals surface area (Å²) < 4.78 is 0. The van der Waals surface area contributed by atoms with E-state index in [0.717, 1.165) is 0 Å². The molecule has 64 valence electrons. The Morgan fingerprint density at radius 2 is 2.25 bits per heavy atom. The van der Waals surface area contributed by atoms with E-state index >= 15 is 0 Å². The van der Waals surface area contributed by atoms with E-state index in [2.05, 4.69) is 38.2 Å². The second kappa shape index (κ2) is 2.81. The highest BCUT2D eigenvalue weighted by molar-refractivity contribution is 8.03. The number of rotatable bonds is 0. The molecule has 1 aliphatic carbocycles. The summed E-state index contributed by atoms with van der Waals surface area (Å²) in [6.07, 6.45) is 10.4. The number of thioether (sulfide) groups is 1. The van der Waals surface area contributed by atoms with E-state index in [1.807, 2.05) is 11.8 Å². The maximum absolute atomic E-state index is 2.39. The van der Waals surface area contributed by atoms with Crippen LogP contribution in [-0.2, 0) is 0 Å². The van der Waals surface area contributed by atoms with Crippen LogP contribution < -0.4 is 0 Å². The van der Waals surface area contributed by atoms with Crippen molar-refractivity contribution < 1.29 is 0 Å². The lowest BCUT2D eigenvalue weighted by Gasteiger charge is -2.14. The van der Waals surface area contributed by atoms with Crippen molar-refractivity contribution in [2.24, 2.45) is 5.41 Å². The predicted octanol–water partition coefficient (Wildman–Crippen LogP) is 3.53. The molecule has 0 radical (unpaired) electrons. The van der Waals surface area contributed by atoms with Crippen molar-refractivity contribution in [3.05, 3.63) is 34.8 Å². The zero-order valence-electron chi connectivity index (χ0n) is 7.63. The van der Waals surface area contributed by atoms with Gasteiger partial charge in [-0.1, -0.05) is 38.2 Å². The van der Waals surface area contributed by atoms with Gasteiger partial charge in [0.05, 0.1) is 0 Å². The summed E-state index contributed by atoms with van der Waals surface area (Å²) in [6, 6.07) is 0. The van der Waals surface area contributed by atoms with E-state index in [1.165, 1.54) is 22.7 Å². The average Bonchev–Trinajstić information content (AvgIpc) is 2.31. The highest BCUT2D eigenvalue weighted by Gasteiger charge is 2.20. The predicted molar refractivity (Wildman–Crippen MR) is 56.2 cm³/mol. The van der Waals surface area contributed by atoms with Crippen molar-refractivity contribution in [1.82, 2.24) is 0 Å². The first kappa shape index (κ1) is 8.18. The molecule has 2 aliphatic rings. The first-order chi connectivity index (χ1) is 5.67. The quantitative estimate of drug-likeness (QED) is 0.547. The Labute approximate surface area is 78.4 Å². The van der Waals surface area contributed by atoms with Crippen molar-refractivity contribution in [2.75, 3.05) is 5.75 Å². The van der Waals surface area contributed by atoms with Gasteiger partial charge in [-0.05, 0) is 12.0 Å². The molecule has 0 atom stereocenters. The minimum absolute atomic E-state index is 0.241. The van der Waals surface area contributed by atoms with Crippen LogP contribution in [0.25, 0.3) is 0 Å². The highest BCUT2D eigenvalue weighted by Crippen LogP contribution is 2.40. The molecule has 0 nitrogen and oxygen atoms in total. The fourth-order valence-corrected chi connectivity index (χ4v) is 2.87. The third kappa shape index (κ3) is 1.51. The molecule has 0 unspecified atom stereocenters. The molecule has 0 N–H and O–H groups in total. The zero-order chi connectivity index (χ0) is 8.60. The van der Waals surface area contributed by atoms with Gasteiger partial charge >= 0.3 is 0 Å². The first-order valence-electron chi connectivity index (χ1n) is 4.42. The molecule has 0 aromatic carbocycles. The summed E-state index contributed by atoms with van der Waals surface area (Å²) in [7, 11) is 0. The Hall–Kier alpha value is -0.430. The van der Waals surface area contributed by atoms with Crippen LogP contribution in [0.15, 0.2) is 34.8 Å². The fraction of sp³-hybridized carbons (Fsp3) is 0.455. The van der Waals surface area contributed by atoms with Crippen LogP contribution >= 0.6 is 11.8 Å². The van der Waals surface area contributed by atoms with Crippen LogP contribution in [0.5, 0.6) is 0 Å². The summed E-state index contributed by atoms with van der Waals surface area (Å²) in [5.41, 5.74) is 1.77. The van der Waals surface area contributed by atoms with E-state index < -0.39 is 0 Å². The SMILES string of the molecule is CC1(C)C=CC=C2CCSC2=C1. The summed E-state index contributed by atoms with van der Waals surface area (Å²) >= 11 is 1.99. The molecule has 1 fully saturated rings. The van der Waals surface area contributed by atoms with E-state index in [-0.39, 0.29) is 5.41 Å². The molecular formula is C11H14S. The van der Waals surface area contributed by atoms with Crippen LogP contribution in [0, 0.1) is 5.41 Å². The van der Waals surface area contributed by atoms with E-state index in [0.29, 0.717) is 0 Å². The van der Waals surface area contributed by atoms with Gasteiger partial charge in [-0.3, -0.25) is 0 Å². The zero-order valence-corrected chi connectivity index (χ0v) is 8.45. The topological polar surface area (TPSA) is 0 Å². The van der Waals surface area contributed by atoms with Crippen LogP contribution in [0.2, 0.25) is 0 Å². The third-order valence-electron chi connectivity index (χ3n) is 2.27.